The Hall–Kier alpha value is -2.72. The number of amides is 1. The second-order valence-electron chi connectivity index (χ2n) is 5.45. The number of nitrogens with zero attached hydrogens (tertiary/aromatic N) is 3. The Labute approximate surface area is 166 Å². The number of halogens is 1. The molecule has 0 saturated heterocycles. The molecule has 0 atom stereocenters. The van der Waals surface area contributed by atoms with Crippen LogP contribution in [0.25, 0.3) is 11.5 Å². The predicted octanol–water partition coefficient (Wildman–Crippen LogP) is 4.45. The van der Waals surface area contributed by atoms with Crippen LogP contribution in [-0.4, -0.2) is 26.8 Å². The molecule has 8 nitrogen and oxygen atoms in total. The molecule has 0 spiro atoms. The second-order valence-corrected chi connectivity index (χ2v) is 7.23. The fourth-order valence-corrected chi connectivity index (χ4v) is 3.20. The third-order valence-corrected chi connectivity index (χ3v) is 5.05. The number of benzene rings is 2. The Morgan fingerprint density at radius 3 is 2.81 bits per heavy atom. The van der Waals surface area contributed by atoms with Crippen molar-refractivity contribution >= 4 is 45.0 Å². The quantitative estimate of drug-likeness (QED) is 0.336. The summed E-state index contributed by atoms with van der Waals surface area (Å²) in [7, 11) is 0. The molecule has 10 heteroatoms. The molecule has 0 saturated carbocycles. The van der Waals surface area contributed by atoms with Crippen molar-refractivity contribution in [2.75, 3.05) is 11.1 Å². The summed E-state index contributed by atoms with van der Waals surface area (Å²) < 4.78 is 6.39. The van der Waals surface area contributed by atoms with Gasteiger partial charge in [-0.25, -0.2) is 0 Å². The molecule has 1 N–H and O–H groups in total. The molecule has 1 aromatic heterocycles. The molecular formula is C17H13BrN4O4S. The molecule has 3 aromatic rings. The van der Waals surface area contributed by atoms with Gasteiger partial charge in [-0.3, -0.25) is 14.9 Å². The first kappa shape index (κ1) is 19.1. The summed E-state index contributed by atoms with van der Waals surface area (Å²) in [6, 6.07) is 11.7. The summed E-state index contributed by atoms with van der Waals surface area (Å²) in [5.74, 6) is 0.0452. The van der Waals surface area contributed by atoms with Crippen LogP contribution in [0.1, 0.15) is 5.56 Å². The molecule has 0 aliphatic carbocycles. The van der Waals surface area contributed by atoms with E-state index < -0.39 is 4.92 Å². The number of hydrogen-bond donors (Lipinski definition) is 1. The van der Waals surface area contributed by atoms with Crippen LogP contribution in [0.4, 0.5) is 11.4 Å². The van der Waals surface area contributed by atoms with Gasteiger partial charge in [-0.15, -0.1) is 10.2 Å². The predicted molar refractivity (Wildman–Crippen MR) is 105 cm³/mol. The van der Waals surface area contributed by atoms with E-state index in [9.17, 15) is 14.9 Å². The first-order valence-electron chi connectivity index (χ1n) is 7.70. The monoisotopic (exact) mass is 448 g/mol. The van der Waals surface area contributed by atoms with E-state index in [0.29, 0.717) is 11.6 Å². The molecule has 138 valence electrons. The fourth-order valence-electron chi connectivity index (χ4n) is 2.18. The molecular weight excluding hydrogens is 436 g/mol. The number of thioether (sulfide) groups is 1. The van der Waals surface area contributed by atoms with E-state index in [1.54, 1.807) is 13.0 Å². The zero-order chi connectivity index (χ0) is 19.4. The minimum atomic E-state index is -0.508. The zero-order valence-electron chi connectivity index (χ0n) is 14.0. The van der Waals surface area contributed by atoms with Gasteiger partial charge in [-0.05, 0) is 40.5 Å². The van der Waals surface area contributed by atoms with Gasteiger partial charge in [0.2, 0.25) is 11.8 Å². The molecule has 0 aliphatic rings. The van der Waals surface area contributed by atoms with E-state index in [-0.39, 0.29) is 22.6 Å². The third-order valence-electron chi connectivity index (χ3n) is 3.54. The van der Waals surface area contributed by atoms with Crippen molar-refractivity contribution < 1.29 is 14.1 Å². The van der Waals surface area contributed by atoms with Gasteiger partial charge in [0.1, 0.15) is 0 Å². The van der Waals surface area contributed by atoms with Gasteiger partial charge >= 0.3 is 0 Å². The summed E-state index contributed by atoms with van der Waals surface area (Å²) in [5.41, 5.74) is 1.80. The van der Waals surface area contributed by atoms with Gasteiger partial charge in [0.15, 0.2) is 0 Å². The number of anilines is 1. The number of aryl methyl sites for hydroxylation is 1. The minimum absolute atomic E-state index is 0.0275. The highest BCUT2D eigenvalue weighted by atomic mass is 79.9. The van der Waals surface area contributed by atoms with Crippen LogP contribution < -0.4 is 5.32 Å². The van der Waals surface area contributed by atoms with Gasteiger partial charge in [0, 0.05) is 16.6 Å². The number of hydrogen-bond acceptors (Lipinski definition) is 7. The summed E-state index contributed by atoms with van der Waals surface area (Å²) in [6.07, 6.45) is 0. The smallest absolute Gasteiger partial charge is 0.277 e. The molecule has 1 amide bonds. The largest absolute Gasteiger partial charge is 0.411 e. The summed E-state index contributed by atoms with van der Waals surface area (Å²) in [5, 5.41) is 21.7. The average molecular weight is 449 g/mol. The fraction of sp³-hybridized carbons (Fsp3) is 0.118. The highest BCUT2D eigenvalue weighted by Gasteiger charge is 2.15. The van der Waals surface area contributed by atoms with Crippen LogP contribution >= 0.6 is 27.7 Å². The maximum atomic E-state index is 12.2. The number of non-ortho nitro benzene ring substituents is 1. The third kappa shape index (κ3) is 4.72. The molecule has 2 aromatic carbocycles. The maximum absolute atomic E-state index is 12.2. The SMILES string of the molecule is Cc1ccc([N+](=O)[O-])cc1NC(=O)CSc1nnc(-c2ccccc2Br)o1. The van der Waals surface area contributed by atoms with E-state index in [1.807, 2.05) is 24.3 Å². The molecule has 1 heterocycles. The molecule has 0 unspecified atom stereocenters. The lowest BCUT2D eigenvalue weighted by Crippen LogP contribution is -2.15. The Morgan fingerprint density at radius 2 is 2.07 bits per heavy atom. The number of nitrogens with one attached hydrogen (secondary N) is 1. The number of carbonyl (C=O) groups excluding carboxylic acids is 1. The van der Waals surface area contributed by atoms with E-state index in [0.717, 1.165) is 27.4 Å². The highest BCUT2D eigenvalue weighted by molar-refractivity contribution is 9.10. The molecule has 0 radical (unpaired) electrons. The first-order valence-corrected chi connectivity index (χ1v) is 9.48. The Kier molecular flexibility index (Phi) is 5.87. The molecule has 27 heavy (non-hydrogen) atoms. The minimum Gasteiger partial charge on any atom is -0.411 e. The zero-order valence-corrected chi connectivity index (χ0v) is 16.4. The Morgan fingerprint density at radius 1 is 1.30 bits per heavy atom. The van der Waals surface area contributed by atoms with E-state index >= 15 is 0 Å². The van der Waals surface area contributed by atoms with E-state index in [1.165, 1.54) is 12.1 Å². The van der Waals surface area contributed by atoms with E-state index in [4.69, 9.17) is 4.42 Å². The van der Waals surface area contributed by atoms with Crippen LogP contribution in [0.3, 0.4) is 0 Å². The summed E-state index contributed by atoms with van der Waals surface area (Å²) >= 11 is 4.50. The van der Waals surface area contributed by atoms with Crippen molar-refractivity contribution in [3.8, 4) is 11.5 Å². The topological polar surface area (TPSA) is 111 Å². The van der Waals surface area contributed by atoms with Crippen molar-refractivity contribution in [2.24, 2.45) is 0 Å². The summed E-state index contributed by atoms with van der Waals surface area (Å²) in [4.78, 5) is 22.5. The van der Waals surface area contributed by atoms with Crippen LogP contribution in [0.15, 0.2) is 56.6 Å². The first-order chi connectivity index (χ1) is 12.9. The number of nitro benzene ring substituents is 1. The molecule has 0 bridgehead atoms. The van der Waals surface area contributed by atoms with Crippen molar-refractivity contribution in [2.45, 2.75) is 12.1 Å². The normalized spacial score (nSPS) is 10.6. The number of aromatic nitrogens is 2. The Balaban J connectivity index is 1.63. The lowest BCUT2D eigenvalue weighted by molar-refractivity contribution is -0.384. The van der Waals surface area contributed by atoms with E-state index in [2.05, 4.69) is 31.4 Å². The van der Waals surface area contributed by atoms with Crippen LogP contribution in [0.5, 0.6) is 0 Å². The van der Waals surface area contributed by atoms with Gasteiger partial charge in [0.25, 0.3) is 10.9 Å². The lowest BCUT2D eigenvalue weighted by atomic mass is 10.2. The van der Waals surface area contributed by atoms with Gasteiger partial charge in [-0.2, -0.15) is 0 Å². The van der Waals surface area contributed by atoms with Crippen molar-refractivity contribution in [3.63, 3.8) is 0 Å². The standard InChI is InChI=1S/C17H13BrN4O4S/c1-10-6-7-11(22(24)25)8-14(10)19-15(23)9-27-17-21-20-16(26-17)12-4-2-3-5-13(12)18/h2-8H,9H2,1H3,(H,19,23). The molecule has 0 fully saturated rings. The molecule has 0 aliphatic heterocycles. The van der Waals surface area contributed by atoms with Crippen LogP contribution in [0, 0.1) is 17.0 Å². The van der Waals surface area contributed by atoms with Gasteiger partial charge in [0.05, 0.1) is 21.9 Å². The van der Waals surface area contributed by atoms with Crippen LogP contribution in [-0.2, 0) is 4.79 Å². The Bertz CT molecular complexity index is 1010. The van der Waals surface area contributed by atoms with Crippen molar-refractivity contribution in [1.82, 2.24) is 10.2 Å². The average Bonchev–Trinajstić information content (AvgIpc) is 3.11. The van der Waals surface area contributed by atoms with Crippen LogP contribution in [0.2, 0.25) is 0 Å². The highest BCUT2D eigenvalue weighted by Crippen LogP contribution is 2.29. The van der Waals surface area contributed by atoms with Gasteiger partial charge in [-0.1, -0.05) is 30.0 Å². The maximum Gasteiger partial charge on any atom is 0.277 e. The van der Waals surface area contributed by atoms with Gasteiger partial charge < -0.3 is 9.73 Å². The van der Waals surface area contributed by atoms with Crippen molar-refractivity contribution in [3.05, 3.63) is 62.6 Å². The second kappa shape index (κ2) is 8.31. The summed E-state index contributed by atoms with van der Waals surface area (Å²) in [6.45, 7) is 1.76. The number of rotatable bonds is 6. The number of nitro groups is 1. The number of carbonyl (C=O) groups is 1. The lowest BCUT2D eigenvalue weighted by Gasteiger charge is -2.07. The molecule has 3 rings (SSSR count). The van der Waals surface area contributed by atoms with Crippen molar-refractivity contribution in [1.29, 1.82) is 0 Å².